The summed E-state index contributed by atoms with van der Waals surface area (Å²) in [4.78, 5) is 29.4. The maximum Gasteiger partial charge on any atom is 0.338 e. The molecule has 1 N–H and O–H groups in total. The highest BCUT2D eigenvalue weighted by atomic mass is 16.5. The summed E-state index contributed by atoms with van der Waals surface area (Å²) in [6.45, 7) is 5.54. The molecule has 1 amide bonds. The summed E-state index contributed by atoms with van der Waals surface area (Å²) in [6.07, 6.45) is 2.25. The van der Waals surface area contributed by atoms with E-state index in [0.29, 0.717) is 23.4 Å². The Balaban J connectivity index is 1.88. The molecule has 3 aromatic rings. The van der Waals surface area contributed by atoms with Crippen molar-refractivity contribution in [2.24, 2.45) is 0 Å². The minimum Gasteiger partial charge on any atom is -0.459 e. The number of hydrogen-bond acceptors (Lipinski definition) is 4. The number of esters is 1. The van der Waals surface area contributed by atoms with Crippen molar-refractivity contribution in [3.63, 3.8) is 0 Å². The average molecular weight is 351 g/mol. The van der Waals surface area contributed by atoms with Crippen LogP contribution in [0.25, 0.3) is 5.65 Å². The van der Waals surface area contributed by atoms with Gasteiger partial charge < -0.3 is 10.1 Å². The van der Waals surface area contributed by atoms with Gasteiger partial charge in [0.15, 0.2) is 0 Å². The number of pyridine rings is 1. The number of carbonyl (C=O) groups is 2. The van der Waals surface area contributed by atoms with Crippen molar-refractivity contribution in [2.75, 3.05) is 5.32 Å². The van der Waals surface area contributed by atoms with Crippen LogP contribution in [0.3, 0.4) is 0 Å². The number of nitrogens with one attached hydrogen (secondary N) is 1. The molecule has 0 aliphatic heterocycles. The Labute approximate surface area is 151 Å². The molecule has 0 unspecified atom stereocenters. The van der Waals surface area contributed by atoms with Crippen LogP contribution in [-0.4, -0.2) is 27.4 Å². The molecule has 26 heavy (non-hydrogen) atoms. The Bertz CT molecular complexity index is 960. The molecule has 2 aromatic heterocycles. The minimum absolute atomic E-state index is 0.203. The Hall–Kier alpha value is -3.15. The predicted molar refractivity (Wildman–Crippen MR) is 99.5 cm³/mol. The third-order valence-corrected chi connectivity index (χ3v) is 3.85. The number of rotatable bonds is 5. The van der Waals surface area contributed by atoms with Crippen molar-refractivity contribution in [2.45, 2.75) is 33.3 Å². The molecule has 3 rings (SSSR count). The number of imidazole rings is 1. The lowest BCUT2D eigenvalue weighted by Gasteiger charge is -2.10. The van der Waals surface area contributed by atoms with Gasteiger partial charge in [-0.25, -0.2) is 9.78 Å². The van der Waals surface area contributed by atoms with E-state index in [1.165, 1.54) is 0 Å². The first-order chi connectivity index (χ1) is 12.5. The Morgan fingerprint density at radius 1 is 1.19 bits per heavy atom. The fourth-order valence-electron chi connectivity index (χ4n) is 2.73. The van der Waals surface area contributed by atoms with E-state index in [9.17, 15) is 9.59 Å². The second-order valence-corrected chi connectivity index (χ2v) is 6.18. The van der Waals surface area contributed by atoms with Crippen molar-refractivity contribution in [1.82, 2.24) is 9.38 Å². The number of aryl methyl sites for hydroxylation is 1. The summed E-state index contributed by atoms with van der Waals surface area (Å²) in [5.41, 5.74) is 2.87. The van der Waals surface area contributed by atoms with E-state index in [2.05, 4.69) is 10.3 Å². The molecule has 0 aliphatic carbocycles. The number of carbonyl (C=O) groups excluding carboxylic acids is 2. The molecule has 6 nitrogen and oxygen atoms in total. The molecule has 0 saturated carbocycles. The largest absolute Gasteiger partial charge is 0.459 e. The first-order valence-electron chi connectivity index (χ1n) is 8.58. The maximum atomic E-state index is 12.8. The fraction of sp³-hybridized carbons (Fsp3) is 0.250. The van der Waals surface area contributed by atoms with E-state index < -0.39 is 5.97 Å². The van der Waals surface area contributed by atoms with Crippen molar-refractivity contribution in [1.29, 1.82) is 0 Å². The molecule has 0 atom stereocenters. The van der Waals surface area contributed by atoms with E-state index in [4.69, 9.17) is 4.74 Å². The zero-order valence-corrected chi connectivity index (χ0v) is 15.0. The van der Waals surface area contributed by atoms with Crippen molar-refractivity contribution in [3.05, 3.63) is 65.6 Å². The van der Waals surface area contributed by atoms with Crippen LogP contribution in [0.4, 0.5) is 5.69 Å². The monoisotopic (exact) mass is 351 g/mol. The molecular weight excluding hydrogens is 330 g/mol. The zero-order chi connectivity index (χ0) is 18.7. The lowest BCUT2D eigenvalue weighted by Crippen LogP contribution is -2.17. The molecule has 0 radical (unpaired) electrons. The van der Waals surface area contributed by atoms with Gasteiger partial charge in [-0.05, 0) is 50.6 Å². The molecule has 0 fully saturated rings. The van der Waals surface area contributed by atoms with Crippen molar-refractivity contribution < 1.29 is 14.3 Å². The molecule has 6 heteroatoms. The highest BCUT2D eigenvalue weighted by Crippen LogP contribution is 2.17. The molecule has 2 heterocycles. The standard InChI is InChI=1S/C20H21N3O3/c1-4-16-18(23-11-6-5-10-17(23)22-16)19(24)21-15-9-7-8-14(12-15)20(25)26-13(2)3/h5-13H,4H2,1-3H3,(H,21,24). The normalized spacial score (nSPS) is 10.9. The van der Waals surface area contributed by atoms with E-state index in [1.807, 2.05) is 31.3 Å². The number of fused-ring (bicyclic) bond motifs is 1. The number of aromatic nitrogens is 2. The third kappa shape index (κ3) is 3.59. The van der Waals surface area contributed by atoms with Crippen LogP contribution in [0.15, 0.2) is 48.7 Å². The average Bonchev–Trinajstić information content (AvgIpc) is 3.00. The summed E-state index contributed by atoms with van der Waals surface area (Å²) < 4.78 is 6.97. The van der Waals surface area contributed by atoms with E-state index in [0.717, 1.165) is 11.3 Å². The smallest absolute Gasteiger partial charge is 0.338 e. The number of hydrogen-bond donors (Lipinski definition) is 1. The topological polar surface area (TPSA) is 72.7 Å². The molecule has 134 valence electrons. The SMILES string of the molecule is CCc1nc2ccccn2c1C(=O)Nc1cccc(C(=O)OC(C)C)c1. The van der Waals surface area contributed by atoms with Gasteiger partial charge in [0, 0.05) is 11.9 Å². The third-order valence-electron chi connectivity index (χ3n) is 3.85. The highest BCUT2D eigenvalue weighted by Gasteiger charge is 2.18. The van der Waals surface area contributed by atoms with Crippen LogP contribution in [-0.2, 0) is 11.2 Å². The van der Waals surface area contributed by atoms with Gasteiger partial charge in [-0.3, -0.25) is 9.20 Å². The van der Waals surface area contributed by atoms with Crippen LogP contribution in [0, 0.1) is 0 Å². The van der Waals surface area contributed by atoms with Gasteiger partial charge in [-0.15, -0.1) is 0 Å². The van der Waals surface area contributed by atoms with Crippen LogP contribution in [0.1, 0.15) is 47.3 Å². The number of ether oxygens (including phenoxy) is 1. The van der Waals surface area contributed by atoms with Crippen LogP contribution in [0.5, 0.6) is 0 Å². The van der Waals surface area contributed by atoms with E-state index in [1.54, 1.807) is 42.5 Å². The maximum absolute atomic E-state index is 12.8. The second-order valence-electron chi connectivity index (χ2n) is 6.18. The number of anilines is 1. The Morgan fingerprint density at radius 3 is 2.73 bits per heavy atom. The van der Waals surface area contributed by atoms with Crippen LogP contribution in [0.2, 0.25) is 0 Å². The van der Waals surface area contributed by atoms with Crippen molar-refractivity contribution in [3.8, 4) is 0 Å². The van der Waals surface area contributed by atoms with Gasteiger partial charge in [0.05, 0.1) is 17.4 Å². The summed E-state index contributed by atoms with van der Waals surface area (Å²) in [5, 5.41) is 2.85. The van der Waals surface area contributed by atoms with Gasteiger partial charge in [-0.1, -0.05) is 19.1 Å². The van der Waals surface area contributed by atoms with Crippen LogP contribution < -0.4 is 5.32 Å². The lowest BCUT2D eigenvalue weighted by molar-refractivity contribution is 0.0378. The zero-order valence-electron chi connectivity index (χ0n) is 15.0. The van der Waals surface area contributed by atoms with Crippen molar-refractivity contribution >= 4 is 23.2 Å². The predicted octanol–water partition coefficient (Wildman–Crippen LogP) is 3.71. The summed E-state index contributed by atoms with van der Waals surface area (Å²) in [6, 6.07) is 12.3. The van der Waals surface area contributed by atoms with Gasteiger partial charge >= 0.3 is 5.97 Å². The van der Waals surface area contributed by atoms with E-state index in [-0.39, 0.29) is 12.0 Å². The first kappa shape index (κ1) is 17.7. The number of nitrogens with zero attached hydrogens (tertiary/aromatic N) is 2. The molecule has 1 aromatic carbocycles. The molecule has 0 saturated heterocycles. The van der Waals surface area contributed by atoms with Crippen LogP contribution >= 0.6 is 0 Å². The minimum atomic E-state index is -0.417. The number of amides is 1. The lowest BCUT2D eigenvalue weighted by atomic mass is 10.2. The van der Waals surface area contributed by atoms with Gasteiger partial charge in [-0.2, -0.15) is 0 Å². The van der Waals surface area contributed by atoms with Gasteiger partial charge in [0.2, 0.25) is 0 Å². The van der Waals surface area contributed by atoms with Gasteiger partial charge in [0.1, 0.15) is 11.3 Å². The van der Waals surface area contributed by atoms with E-state index >= 15 is 0 Å². The summed E-state index contributed by atoms with van der Waals surface area (Å²) in [7, 11) is 0. The fourth-order valence-corrected chi connectivity index (χ4v) is 2.73. The number of benzene rings is 1. The van der Waals surface area contributed by atoms with Gasteiger partial charge in [0.25, 0.3) is 5.91 Å². The molecular formula is C20H21N3O3. The molecule has 0 bridgehead atoms. The Morgan fingerprint density at radius 2 is 2.00 bits per heavy atom. The summed E-state index contributed by atoms with van der Waals surface area (Å²) in [5.74, 6) is -0.685. The Kier molecular flexibility index (Phi) is 5.02. The molecule has 0 aliphatic rings. The summed E-state index contributed by atoms with van der Waals surface area (Å²) >= 11 is 0. The quantitative estimate of drug-likeness (QED) is 0.711. The first-order valence-corrected chi connectivity index (χ1v) is 8.58. The second kappa shape index (κ2) is 7.39. The molecule has 0 spiro atoms. The highest BCUT2D eigenvalue weighted by molar-refractivity contribution is 6.05.